The van der Waals surface area contributed by atoms with E-state index in [0.717, 1.165) is 6.07 Å². The van der Waals surface area contributed by atoms with E-state index in [9.17, 15) is 13.2 Å². The third kappa shape index (κ3) is 2.01. The second kappa shape index (κ2) is 3.78. The van der Waals surface area contributed by atoms with Crippen LogP contribution in [-0.4, -0.2) is 4.98 Å². The fourth-order valence-corrected chi connectivity index (χ4v) is 1.46. The van der Waals surface area contributed by atoms with Crippen molar-refractivity contribution < 1.29 is 13.2 Å². The van der Waals surface area contributed by atoms with Crippen molar-refractivity contribution in [3.05, 3.63) is 26.3 Å². The minimum Gasteiger partial charge on any atom is -0.216 e. The van der Waals surface area contributed by atoms with Gasteiger partial charge in [-0.1, -0.05) is 11.6 Å². The predicted molar refractivity (Wildman–Crippen MR) is 46.9 cm³/mol. The summed E-state index contributed by atoms with van der Waals surface area (Å²) in [7, 11) is 0. The van der Waals surface area contributed by atoms with Crippen LogP contribution in [0.4, 0.5) is 13.2 Å². The Morgan fingerprint density at radius 3 is 2.58 bits per heavy atom. The molecular formula is C6H2ClF3IN. The van der Waals surface area contributed by atoms with Gasteiger partial charge in [0, 0.05) is 0 Å². The number of alkyl halides is 2. The third-order valence-electron chi connectivity index (χ3n) is 1.12. The minimum atomic E-state index is -2.84. The van der Waals surface area contributed by atoms with Gasteiger partial charge in [0.15, 0.2) is 0 Å². The van der Waals surface area contributed by atoms with Gasteiger partial charge >= 0.3 is 0 Å². The number of halogens is 5. The maximum absolute atomic E-state index is 12.6. The molecule has 1 aromatic heterocycles. The van der Waals surface area contributed by atoms with Crippen molar-refractivity contribution in [2.75, 3.05) is 0 Å². The van der Waals surface area contributed by atoms with Crippen molar-refractivity contribution in [3.8, 4) is 0 Å². The summed E-state index contributed by atoms with van der Waals surface area (Å²) in [6, 6.07) is 1.12. The molecule has 0 atom stereocenters. The molecule has 0 aliphatic heterocycles. The summed E-state index contributed by atoms with van der Waals surface area (Å²) in [6.07, 6.45) is -2.84. The lowest BCUT2D eigenvalue weighted by Gasteiger charge is -2.02. The van der Waals surface area contributed by atoms with E-state index < -0.39 is 18.1 Å². The zero-order valence-corrected chi connectivity index (χ0v) is 8.41. The van der Waals surface area contributed by atoms with Crippen molar-refractivity contribution in [2.45, 2.75) is 6.43 Å². The number of hydrogen-bond acceptors (Lipinski definition) is 1. The molecule has 1 nitrogen and oxygen atoms in total. The normalized spacial score (nSPS) is 10.8. The number of hydrogen-bond donors (Lipinski definition) is 0. The van der Waals surface area contributed by atoms with Gasteiger partial charge in [-0.15, -0.1) is 0 Å². The van der Waals surface area contributed by atoms with Crippen LogP contribution >= 0.6 is 34.2 Å². The summed E-state index contributed by atoms with van der Waals surface area (Å²) >= 11 is 7.01. The first-order valence-electron chi connectivity index (χ1n) is 2.82. The molecule has 0 aromatic carbocycles. The smallest absolute Gasteiger partial charge is 0.216 e. The average molecular weight is 307 g/mol. The highest BCUT2D eigenvalue weighted by molar-refractivity contribution is 14.1. The van der Waals surface area contributed by atoms with Crippen molar-refractivity contribution in [2.24, 2.45) is 0 Å². The fourth-order valence-electron chi connectivity index (χ4n) is 0.610. The van der Waals surface area contributed by atoms with E-state index in [1.807, 2.05) is 0 Å². The second-order valence-electron chi connectivity index (χ2n) is 1.93. The summed E-state index contributed by atoms with van der Waals surface area (Å²) in [5.74, 6) is -0.921. The van der Waals surface area contributed by atoms with Gasteiger partial charge in [0.25, 0.3) is 6.43 Å². The standard InChI is InChI=1S/C6H2ClF3IN/c7-2-1-3(11)6(10)12-4(2)5(8)9/h1,5H. The van der Waals surface area contributed by atoms with Gasteiger partial charge in [0.2, 0.25) is 5.95 Å². The molecule has 66 valence electrons. The summed E-state index contributed by atoms with van der Waals surface area (Å²) in [5, 5.41) is -0.212. The average Bonchev–Trinajstić information content (AvgIpc) is 1.96. The van der Waals surface area contributed by atoms with E-state index in [1.165, 1.54) is 0 Å². The van der Waals surface area contributed by atoms with Crippen molar-refractivity contribution >= 4 is 34.2 Å². The van der Waals surface area contributed by atoms with Crippen molar-refractivity contribution in [1.29, 1.82) is 0 Å². The molecule has 0 aliphatic carbocycles. The van der Waals surface area contributed by atoms with Crippen LogP contribution in [0.25, 0.3) is 0 Å². The number of pyridine rings is 1. The van der Waals surface area contributed by atoms with E-state index in [2.05, 4.69) is 4.98 Å². The van der Waals surface area contributed by atoms with Gasteiger partial charge < -0.3 is 0 Å². The van der Waals surface area contributed by atoms with E-state index in [-0.39, 0.29) is 8.59 Å². The van der Waals surface area contributed by atoms with Crippen LogP contribution in [0, 0.1) is 9.52 Å². The van der Waals surface area contributed by atoms with Crippen molar-refractivity contribution in [1.82, 2.24) is 4.98 Å². The lowest BCUT2D eigenvalue weighted by atomic mass is 10.3. The first-order chi connectivity index (χ1) is 5.52. The molecule has 0 spiro atoms. The molecule has 0 fully saturated rings. The molecular weight excluding hydrogens is 305 g/mol. The van der Waals surface area contributed by atoms with Crippen LogP contribution in [0.3, 0.4) is 0 Å². The molecule has 1 rings (SSSR count). The third-order valence-corrected chi connectivity index (χ3v) is 2.18. The number of aromatic nitrogens is 1. The number of nitrogens with zero attached hydrogens (tertiary/aromatic N) is 1. The molecule has 0 saturated carbocycles. The molecule has 0 amide bonds. The second-order valence-corrected chi connectivity index (χ2v) is 3.50. The van der Waals surface area contributed by atoms with Gasteiger partial charge in [0.05, 0.1) is 8.59 Å². The Morgan fingerprint density at radius 1 is 1.50 bits per heavy atom. The molecule has 0 bridgehead atoms. The maximum Gasteiger partial charge on any atom is 0.281 e. The van der Waals surface area contributed by atoms with Gasteiger partial charge in [0.1, 0.15) is 5.69 Å². The molecule has 0 N–H and O–H groups in total. The lowest BCUT2D eigenvalue weighted by Crippen LogP contribution is -1.97. The minimum absolute atomic E-state index is 0.127. The SMILES string of the molecule is Fc1nc(C(F)F)c(Cl)cc1I. The first-order valence-corrected chi connectivity index (χ1v) is 4.27. The van der Waals surface area contributed by atoms with Gasteiger partial charge in [-0.05, 0) is 28.7 Å². The first kappa shape index (κ1) is 10.0. The fraction of sp³-hybridized carbons (Fsp3) is 0.167. The van der Waals surface area contributed by atoms with Crippen molar-refractivity contribution in [3.63, 3.8) is 0 Å². The van der Waals surface area contributed by atoms with Crippen LogP contribution in [0.2, 0.25) is 5.02 Å². The molecule has 0 unspecified atom stereocenters. The van der Waals surface area contributed by atoms with Crippen LogP contribution in [0.1, 0.15) is 12.1 Å². The zero-order chi connectivity index (χ0) is 9.30. The highest BCUT2D eigenvalue weighted by Crippen LogP contribution is 2.26. The highest BCUT2D eigenvalue weighted by Gasteiger charge is 2.16. The maximum atomic E-state index is 12.6. The Labute approximate surface area is 85.1 Å². The van der Waals surface area contributed by atoms with Crippen LogP contribution in [0.5, 0.6) is 0 Å². The van der Waals surface area contributed by atoms with E-state index in [1.54, 1.807) is 22.6 Å². The zero-order valence-electron chi connectivity index (χ0n) is 5.49. The van der Waals surface area contributed by atoms with Crippen LogP contribution < -0.4 is 0 Å². The Kier molecular flexibility index (Phi) is 3.16. The summed E-state index contributed by atoms with van der Waals surface area (Å²) in [6.45, 7) is 0. The Balaban J connectivity index is 3.23. The molecule has 0 aliphatic rings. The van der Waals surface area contributed by atoms with Gasteiger partial charge in [-0.3, -0.25) is 0 Å². The summed E-state index contributed by atoms with van der Waals surface area (Å²) in [4.78, 5) is 3.02. The molecule has 12 heavy (non-hydrogen) atoms. The molecule has 1 aromatic rings. The Morgan fingerprint density at radius 2 is 2.08 bits per heavy atom. The summed E-state index contributed by atoms with van der Waals surface area (Å²) in [5.41, 5.74) is -0.713. The number of rotatable bonds is 1. The quantitative estimate of drug-likeness (QED) is 0.572. The monoisotopic (exact) mass is 307 g/mol. The molecule has 0 saturated heterocycles. The van der Waals surface area contributed by atoms with E-state index in [0.29, 0.717) is 0 Å². The lowest BCUT2D eigenvalue weighted by molar-refractivity contribution is 0.145. The topological polar surface area (TPSA) is 12.9 Å². The predicted octanol–water partition coefficient (Wildman–Crippen LogP) is 3.42. The largest absolute Gasteiger partial charge is 0.281 e. The Hall–Kier alpha value is -0.0400. The highest BCUT2D eigenvalue weighted by atomic mass is 127. The Bertz CT molecular complexity index is 305. The van der Waals surface area contributed by atoms with Gasteiger partial charge in [-0.2, -0.15) is 4.39 Å². The molecule has 6 heteroatoms. The van der Waals surface area contributed by atoms with E-state index >= 15 is 0 Å². The molecule has 1 heterocycles. The van der Waals surface area contributed by atoms with E-state index in [4.69, 9.17) is 11.6 Å². The summed E-state index contributed by atoms with van der Waals surface area (Å²) < 4.78 is 36.8. The van der Waals surface area contributed by atoms with Gasteiger partial charge in [-0.25, -0.2) is 13.8 Å². The van der Waals surface area contributed by atoms with Crippen LogP contribution in [-0.2, 0) is 0 Å². The van der Waals surface area contributed by atoms with Crippen LogP contribution in [0.15, 0.2) is 6.07 Å². The molecule has 0 radical (unpaired) electrons.